The molecule has 2 unspecified atom stereocenters. The third-order valence-electron chi connectivity index (χ3n) is 8.33. The van der Waals surface area contributed by atoms with Crippen molar-refractivity contribution in [3.63, 3.8) is 0 Å². The highest BCUT2D eigenvalue weighted by Crippen LogP contribution is 2.43. The van der Waals surface area contributed by atoms with Gasteiger partial charge in [-0.1, -0.05) is 167 Å². The second-order valence-electron chi connectivity index (χ2n) is 13.8. The SMILES string of the molecule is CC/C=C/C=C/C=C/C=C/C=C/CCCC(=O)OC(COC(=O)CCCCCCCCC/C=C/C/C=C/C/C=C/C/C=C/C/C=C/CC)COP(=O)(O)OC[C@H](N)C(=O)O. The number of hydrogen-bond acceptors (Lipinski definition) is 9. The highest BCUT2D eigenvalue weighted by atomic mass is 31.2. The van der Waals surface area contributed by atoms with Crippen LogP contribution in [0.5, 0.6) is 0 Å². The fraction of sp³-hybridized carbons (Fsp3) is 0.521. The smallest absolute Gasteiger partial charge is 0.472 e. The van der Waals surface area contributed by atoms with Crippen LogP contribution in [0.4, 0.5) is 0 Å². The summed E-state index contributed by atoms with van der Waals surface area (Å²) in [5, 5.41) is 8.88. The summed E-state index contributed by atoms with van der Waals surface area (Å²) in [6.07, 6.45) is 55.7. The lowest BCUT2D eigenvalue weighted by molar-refractivity contribution is -0.161. The number of carboxylic acids is 1. The number of allylic oxidation sites excluding steroid dienone is 20. The largest absolute Gasteiger partial charge is 0.480 e. The zero-order chi connectivity index (χ0) is 44.2. The van der Waals surface area contributed by atoms with Crippen LogP contribution < -0.4 is 5.73 Å². The maximum Gasteiger partial charge on any atom is 0.472 e. The molecule has 3 atom stereocenters. The van der Waals surface area contributed by atoms with Gasteiger partial charge in [0.25, 0.3) is 0 Å². The summed E-state index contributed by atoms with van der Waals surface area (Å²) in [5.74, 6) is -2.51. The van der Waals surface area contributed by atoms with Gasteiger partial charge in [0.2, 0.25) is 0 Å². The normalized spacial score (nSPS) is 14.9. The van der Waals surface area contributed by atoms with E-state index in [1.165, 1.54) is 6.42 Å². The summed E-state index contributed by atoms with van der Waals surface area (Å²) in [7, 11) is -4.75. The topological polar surface area (TPSA) is 172 Å². The van der Waals surface area contributed by atoms with Gasteiger partial charge < -0.3 is 25.2 Å². The molecule has 0 spiro atoms. The van der Waals surface area contributed by atoms with E-state index >= 15 is 0 Å². The van der Waals surface area contributed by atoms with Crippen molar-refractivity contribution in [2.24, 2.45) is 5.73 Å². The van der Waals surface area contributed by atoms with E-state index in [0.29, 0.717) is 19.3 Å². The van der Waals surface area contributed by atoms with Gasteiger partial charge in [-0.3, -0.25) is 23.4 Å². The quantitative estimate of drug-likeness (QED) is 0.0177. The van der Waals surface area contributed by atoms with E-state index in [9.17, 15) is 23.8 Å². The standard InChI is InChI=1S/C48H74NO10P/c1-3-5-7-9-11-13-15-17-18-19-20-21-22-23-24-25-26-28-29-31-33-35-37-39-46(50)56-41-44(42-57-60(54,55)58-43-45(49)48(52)53)59-47(51)40-38-36-34-32-30-27-16-14-12-10-8-6-4-2/h5-8,10-14,16-18,20-21,23-24,27,30,32,34,44-45H,3-4,9,15,19,22,25-26,28-29,31,33,35-43,49H2,1-2H3,(H,52,53)(H,54,55)/b7-5+,8-6+,12-10+,13-11+,16-14+,18-17+,21-20+,24-23+,30-27+,34-32+/t44?,45-/m0/s1. The predicted octanol–water partition coefficient (Wildman–Crippen LogP) is 11.6. The van der Waals surface area contributed by atoms with Crippen molar-refractivity contribution in [1.29, 1.82) is 0 Å². The van der Waals surface area contributed by atoms with Gasteiger partial charge in [0.15, 0.2) is 6.10 Å². The molecule has 0 bridgehead atoms. The van der Waals surface area contributed by atoms with Crippen LogP contribution in [0.25, 0.3) is 0 Å². The van der Waals surface area contributed by atoms with Crippen LogP contribution in [0, 0.1) is 0 Å². The maximum atomic E-state index is 12.6. The van der Waals surface area contributed by atoms with Gasteiger partial charge in [0.05, 0.1) is 13.2 Å². The minimum absolute atomic E-state index is 0.0542. The molecule has 336 valence electrons. The Balaban J connectivity index is 4.43. The Morgan fingerprint density at radius 2 is 0.983 bits per heavy atom. The summed E-state index contributed by atoms with van der Waals surface area (Å²) in [6.45, 7) is 2.42. The van der Waals surface area contributed by atoms with Crippen LogP contribution in [0.3, 0.4) is 0 Å². The summed E-state index contributed by atoms with van der Waals surface area (Å²) in [4.78, 5) is 45.9. The molecular weight excluding hydrogens is 781 g/mol. The highest BCUT2D eigenvalue weighted by Gasteiger charge is 2.28. The molecule has 0 aromatic rings. The van der Waals surface area contributed by atoms with Gasteiger partial charge >= 0.3 is 25.7 Å². The number of esters is 2. The van der Waals surface area contributed by atoms with E-state index in [-0.39, 0.29) is 19.4 Å². The van der Waals surface area contributed by atoms with Gasteiger partial charge in [0.1, 0.15) is 12.6 Å². The van der Waals surface area contributed by atoms with Crippen molar-refractivity contribution in [2.45, 2.75) is 142 Å². The van der Waals surface area contributed by atoms with Crippen LogP contribution in [0.2, 0.25) is 0 Å². The molecule has 11 nitrogen and oxygen atoms in total. The first-order valence-electron chi connectivity index (χ1n) is 21.6. The fourth-order valence-electron chi connectivity index (χ4n) is 5.00. The maximum absolute atomic E-state index is 12.6. The number of ether oxygens (including phenoxy) is 2. The molecule has 4 N–H and O–H groups in total. The molecule has 0 heterocycles. The fourth-order valence-corrected chi connectivity index (χ4v) is 5.78. The number of rotatable bonds is 38. The van der Waals surface area contributed by atoms with Gasteiger partial charge in [0, 0.05) is 12.8 Å². The van der Waals surface area contributed by atoms with E-state index in [2.05, 4.69) is 85.2 Å². The molecule has 0 radical (unpaired) electrons. The third-order valence-corrected chi connectivity index (χ3v) is 9.28. The molecule has 0 saturated heterocycles. The lowest BCUT2D eigenvalue weighted by Crippen LogP contribution is -2.34. The molecular formula is C48H74NO10P. The number of aliphatic carboxylic acids is 1. The second kappa shape index (κ2) is 41.6. The zero-order valence-corrected chi connectivity index (χ0v) is 37.1. The second-order valence-corrected chi connectivity index (χ2v) is 15.3. The first-order valence-corrected chi connectivity index (χ1v) is 23.1. The van der Waals surface area contributed by atoms with Gasteiger partial charge in [-0.05, 0) is 70.6 Å². The molecule has 12 heteroatoms. The Morgan fingerprint density at radius 3 is 1.55 bits per heavy atom. The molecule has 0 saturated carbocycles. The van der Waals surface area contributed by atoms with Gasteiger partial charge in [-0.15, -0.1) is 0 Å². The molecule has 0 aromatic heterocycles. The molecule has 60 heavy (non-hydrogen) atoms. The monoisotopic (exact) mass is 856 g/mol. The van der Waals surface area contributed by atoms with Crippen LogP contribution in [-0.4, -0.2) is 59.9 Å². The van der Waals surface area contributed by atoms with Crippen molar-refractivity contribution < 1.29 is 47.5 Å². The number of phosphoric acid groups is 1. The average Bonchev–Trinajstić information content (AvgIpc) is 3.22. The Bertz CT molecular complexity index is 1470. The number of carboxylic acid groups (broad SMARTS) is 1. The summed E-state index contributed by atoms with van der Waals surface area (Å²) in [6, 6.07) is -1.54. The lowest BCUT2D eigenvalue weighted by atomic mass is 10.1. The van der Waals surface area contributed by atoms with Crippen LogP contribution in [0.1, 0.15) is 129 Å². The Labute approximate surface area is 360 Å². The number of phosphoric ester groups is 1. The van der Waals surface area contributed by atoms with Crippen LogP contribution >= 0.6 is 7.82 Å². The Hall–Kier alpha value is -4.12. The van der Waals surface area contributed by atoms with E-state index in [1.54, 1.807) is 0 Å². The van der Waals surface area contributed by atoms with E-state index in [0.717, 1.165) is 77.0 Å². The van der Waals surface area contributed by atoms with Crippen molar-refractivity contribution in [2.75, 3.05) is 19.8 Å². The Kier molecular flexibility index (Phi) is 38.8. The van der Waals surface area contributed by atoms with Crippen molar-refractivity contribution in [3.8, 4) is 0 Å². The lowest BCUT2D eigenvalue weighted by Gasteiger charge is -2.20. The van der Waals surface area contributed by atoms with Crippen molar-refractivity contribution in [1.82, 2.24) is 0 Å². The number of nitrogens with two attached hydrogens (primary N) is 1. The first-order chi connectivity index (χ1) is 29.1. The van der Waals surface area contributed by atoms with Crippen LogP contribution in [0.15, 0.2) is 122 Å². The average molecular weight is 856 g/mol. The first kappa shape index (κ1) is 55.9. The number of hydrogen-bond donors (Lipinski definition) is 3. The summed E-state index contributed by atoms with van der Waals surface area (Å²) in [5.41, 5.74) is 5.32. The molecule has 0 aromatic carbocycles. The predicted molar refractivity (Wildman–Crippen MR) is 244 cm³/mol. The van der Waals surface area contributed by atoms with E-state index in [1.807, 2.05) is 54.7 Å². The van der Waals surface area contributed by atoms with Gasteiger partial charge in [-0.2, -0.15) is 0 Å². The molecule has 0 aliphatic carbocycles. The molecule has 0 aliphatic rings. The van der Waals surface area contributed by atoms with Crippen LogP contribution in [-0.2, 0) is 37.5 Å². The molecule has 0 amide bonds. The van der Waals surface area contributed by atoms with E-state index < -0.39 is 51.1 Å². The third kappa shape index (κ3) is 40.7. The Morgan fingerprint density at radius 1 is 0.533 bits per heavy atom. The molecule has 0 aliphatic heterocycles. The summed E-state index contributed by atoms with van der Waals surface area (Å²) >= 11 is 0. The minimum Gasteiger partial charge on any atom is -0.480 e. The summed E-state index contributed by atoms with van der Waals surface area (Å²) < 4.78 is 32.6. The number of unbranched alkanes of at least 4 members (excludes halogenated alkanes) is 8. The molecule has 0 fully saturated rings. The minimum atomic E-state index is -4.75. The van der Waals surface area contributed by atoms with Crippen molar-refractivity contribution >= 4 is 25.7 Å². The zero-order valence-electron chi connectivity index (χ0n) is 36.2. The van der Waals surface area contributed by atoms with Crippen molar-refractivity contribution in [3.05, 3.63) is 122 Å². The highest BCUT2D eigenvalue weighted by molar-refractivity contribution is 7.47. The van der Waals surface area contributed by atoms with Gasteiger partial charge in [-0.25, -0.2) is 4.57 Å². The number of carbonyl (C=O) groups excluding carboxylic acids is 2. The van der Waals surface area contributed by atoms with E-state index in [4.69, 9.17) is 24.8 Å². The number of carbonyl (C=O) groups is 3. The molecule has 0 rings (SSSR count).